The van der Waals surface area contributed by atoms with Crippen molar-refractivity contribution in [1.29, 1.82) is 0 Å². The lowest BCUT2D eigenvalue weighted by atomic mass is 9.91. The van der Waals surface area contributed by atoms with Crippen molar-refractivity contribution in [1.82, 2.24) is 15.1 Å². The third kappa shape index (κ3) is 3.86. The van der Waals surface area contributed by atoms with E-state index in [1.807, 2.05) is 12.1 Å². The fourth-order valence-electron chi connectivity index (χ4n) is 4.30. The Hall–Kier alpha value is -2.34. The number of methoxy groups -OCH3 is 1. The van der Waals surface area contributed by atoms with Crippen LogP contribution >= 0.6 is 0 Å². The molecule has 1 aliphatic heterocycles. The van der Waals surface area contributed by atoms with E-state index in [0.29, 0.717) is 0 Å². The number of H-pyrrole nitrogens is 1. The van der Waals surface area contributed by atoms with Crippen LogP contribution in [0.5, 0.6) is 5.75 Å². The average Bonchev–Trinajstić information content (AvgIpc) is 2.74. The number of nitrogens with one attached hydrogen (secondary N) is 1. The smallest absolute Gasteiger partial charge is 0.267 e. The molecule has 1 N–H and O–H groups in total. The summed E-state index contributed by atoms with van der Waals surface area (Å²) in [6, 6.07) is 8.23. The highest BCUT2D eigenvalue weighted by Crippen LogP contribution is 2.28. The molecule has 1 aromatic carbocycles. The van der Waals surface area contributed by atoms with Crippen LogP contribution in [0.3, 0.4) is 0 Å². The van der Waals surface area contributed by atoms with Gasteiger partial charge in [0.05, 0.1) is 18.5 Å². The molecule has 1 saturated heterocycles. The van der Waals surface area contributed by atoms with Crippen LogP contribution in [0.25, 0.3) is 0 Å². The van der Waals surface area contributed by atoms with Gasteiger partial charge in [0.25, 0.3) is 5.56 Å². The quantitative estimate of drug-likeness (QED) is 0.875. The lowest BCUT2D eigenvalue weighted by Gasteiger charge is -2.36. The number of piperazine rings is 1. The van der Waals surface area contributed by atoms with Crippen LogP contribution in [0, 0.1) is 0 Å². The molecule has 6 nitrogen and oxygen atoms in total. The molecule has 0 atom stereocenters. The van der Waals surface area contributed by atoms with Gasteiger partial charge >= 0.3 is 0 Å². The molecule has 1 fully saturated rings. The van der Waals surface area contributed by atoms with Gasteiger partial charge in [0.2, 0.25) is 0 Å². The van der Waals surface area contributed by atoms with E-state index in [1.54, 1.807) is 7.11 Å². The number of ether oxygens (including phenoxy) is 1. The van der Waals surface area contributed by atoms with Gasteiger partial charge in [-0.1, -0.05) is 12.1 Å². The molecule has 2 heterocycles. The Balaban J connectivity index is 1.36. The lowest BCUT2D eigenvalue weighted by Crippen LogP contribution is -2.47. The van der Waals surface area contributed by atoms with Crippen molar-refractivity contribution in [2.45, 2.75) is 32.1 Å². The SMILES string of the molecule is COc1ccccc1N1CCN(CCc2n[nH]c(=O)c3c2CCCC3)CC1. The molecule has 2 aliphatic rings. The third-order valence-electron chi connectivity index (χ3n) is 5.85. The van der Waals surface area contributed by atoms with E-state index in [0.717, 1.165) is 75.4 Å². The molecule has 4 rings (SSSR count). The summed E-state index contributed by atoms with van der Waals surface area (Å²) in [6.45, 7) is 5.05. The van der Waals surface area contributed by atoms with Gasteiger partial charge in [0, 0.05) is 44.7 Å². The number of para-hydroxylation sites is 2. The number of nitrogens with zero attached hydrogens (tertiary/aromatic N) is 3. The summed E-state index contributed by atoms with van der Waals surface area (Å²) in [5, 5.41) is 7.08. The number of anilines is 1. The molecular weight excluding hydrogens is 340 g/mol. The molecule has 0 radical (unpaired) electrons. The summed E-state index contributed by atoms with van der Waals surface area (Å²) in [5.74, 6) is 0.940. The summed E-state index contributed by atoms with van der Waals surface area (Å²) < 4.78 is 5.50. The average molecular weight is 368 g/mol. The van der Waals surface area contributed by atoms with Crippen LogP contribution in [0.15, 0.2) is 29.1 Å². The van der Waals surface area contributed by atoms with Crippen molar-refractivity contribution in [2.24, 2.45) is 0 Å². The zero-order valence-electron chi connectivity index (χ0n) is 16.0. The Morgan fingerprint density at radius 1 is 1.07 bits per heavy atom. The Morgan fingerprint density at radius 3 is 2.59 bits per heavy atom. The van der Waals surface area contributed by atoms with Crippen molar-refractivity contribution in [3.8, 4) is 5.75 Å². The zero-order chi connectivity index (χ0) is 18.6. The predicted octanol–water partition coefficient (Wildman–Crippen LogP) is 2.02. The molecule has 1 aromatic heterocycles. The van der Waals surface area contributed by atoms with Crippen LogP contribution in [0.1, 0.15) is 29.7 Å². The first-order valence-corrected chi connectivity index (χ1v) is 9.96. The van der Waals surface area contributed by atoms with Crippen LogP contribution in [-0.2, 0) is 19.3 Å². The van der Waals surface area contributed by atoms with E-state index < -0.39 is 0 Å². The van der Waals surface area contributed by atoms with Gasteiger partial charge in [-0.05, 0) is 43.4 Å². The van der Waals surface area contributed by atoms with Crippen molar-refractivity contribution < 1.29 is 4.74 Å². The van der Waals surface area contributed by atoms with Crippen molar-refractivity contribution in [3.05, 3.63) is 51.4 Å². The highest BCUT2D eigenvalue weighted by molar-refractivity contribution is 5.58. The van der Waals surface area contributed by atoms with E-state index in [4.69, 9.17) is 4.74 Å². The largest absolute Gasteiger partial charge is 0.495 e. The number of hydrogen-bond acceptors (Lipinski definition) is 5. The van der Waals surface area contributed by atoms with Gasteiger partial charge in [-0.25, -0.2) is 5.10 Å². The van der Waals surface area contributed by atoms with E-state index in [2.05, 4.69) is 32.1 Å². The number of benzene rings is 1. The number of fused-ring (bicyclic) bond motifs is 1. The molecule has 0 unspecified atom stereocenters. The first kappa shape index (κ1) is 18.0. The van der Waals surface area contributed by atoms with Crippen molar-refractivity contribution >= 4 is 5.69 Å². The summed E-state index contributed by atoms with van der Waals surface area (Å²) in [6.07, 6.45) is 5.10. The lowest BCUT2D eigenvalue weighted by molar-refractivity contribution is 0.259. The monoisotopic (exact) mass is 368 g/mol. The summed E-state index contributed by atoms with van der Waals surface area (Å²) in [5.41, 5.74) is 4.48. The number of rotatable bonds is 5. The van der Waals surface area contributed by atoms with Gasteiger partial charge in [-0.3, -0.25) is 9.69 Å². The minimum atomic E-state index is 0.0128. The minimum Gasteiger partial charge on any atom is -0.495 e. The van der Waals surface area contributed by atoms with Gasteiger partial charge < -0.3 is 9.64 Å². The number of aromatic amines is 1. The first-order valence-electron chi connectivity index (χ1n) is 9.96. The Labute approximate surface area is 160 Å². The van der Waals surface area contributed by atoms with Crippen molar-refractivity contribution in [3.63, 3.8) is 0 Å². The maximum atomic E-state index is 12.0. The molecule has 0 spiro atoms. The van der Waals surface area contributed by atoms with Crippen LogP contribution in [-0.4, -0.2) is 54.9 Å². The Kier molecular flexibility index (Phi) is 5.43. The molecular formula is C21H28N4O2. The molecule has 0 saturated carbocycles. The van der Waals surface area contributed by atoms with Gasteiger partial charge in [0.15, 0.2) is 0 Å². The van der Waals surface area contributed by atoms with E-state index in [-0.39, 0.29) is 5.56 Å². The van der Waals surface area contributed by atoms with Crippen molar-refractivity contribution in [2.75, 3.05) is 44.7 Å². The molecule has 144 valence electrons. The summed E-state index contributed by atoms with van der Waals surface area (Å²) in [4.78, 5) is 16.9. The molecule has 0 amide bonds. The maximum absolute atomic E-state index is 12.0. The minimum absolute atomic E-state index is 0.0128. The Bertz CT molecular complexity index is 840. The van der Waals surface area contributed by atoms with Crippen LogP contribution < -0.4 is 15.2 Å². The normalized spacial score (nSPS) is 17.6. The first-order chi connectivity index (χ1) is 13.3. The predicted molar refractivity (Wildman–Crippen MR) is 107 cm³/mol. The number of hydrogen-bond donors (Lipinski definition) is 1. The fourth-order valence-corrected chi connectivity index (χ4v) is 4.30. The molecule has 6 heteroatoms. The van der Waals surface area contributed by atoms with E-state index >= 15 is 0 Å². The topological polar surface area (TPSA) is 61.5 Å². The third-order valence-corrected chi connectivity index (χ3v) is 5.85. The summed E-state index contributed by atoms with van der Waals surface area (Å²) in [7, 11) is 1.73. The molecule has 1 aliphatic carbocycles. The highest BCUT2D eigenvalue weighted by atomic mass is 16.5. The summed E-state index contributed by atoms with van der Waals surface area (Å²) >= 11 is 0. The van der Waals surface area contributed by atoms with Crippen LogP contribution in [0.2, 0.25) is 0 Å². The van der Waals surface area contributed by atoms with Gasteiger partial charge in [0.1, 0.15) is 5.75 Å². The second-order valence-corrected chi connectivity index (χ2v) is 7.41. The highest BCUT2D eigenvalue weighted by Gasteiger charge is 2.21. The fraction of sp³-hybridized carbons (Fsp3) is 0.524. The molecule has 27 heavy (non-hydrogen) atoms. The van der Waals surface area contributed by atoms with E-state index in [1.165, 1.54) is 17.7 Å². The maximum Gasteiger partial charge on any atom is 0.267 e. The van der Waals surface area contributed by atoms with Crippen LogP contribution in [0.4, 0.5) is 5.69 Å². The van der Waals surface area contributed by atoms with Gasteiger partial charge in [-0.15, -0.1) is 0 Å². The standard InChI is InChI=1S/C21H28N4O2/c1-27-20-9-5-4-8-19(20)25-14-12-24(13-15-25)11-10-18-16-6-2-3-7-17(16)21(26)23-22-18/h4-5,8-9H,2-3,6-7,10-15H2,1H3,(H,23,26). The molecule has 0 bridgehead atoms. The number of aromatic nitrogens is 2. The Morgan fingerprint density at radius 2 is 1.81 bits per heavy atom. The zero-order valence-corrected chi connectivity index (χ0v) is 16.0. The van der Waals surface area contributed by atoms with E-state index in [9.17, 15) is 4.79 Å². The second kappa shape index (κ2) is 8.13. The molecule has 2 aromatic rings. The second-order valence-electron chi connectivity index (χ2n) is 7.41. The van der Waals surface area contributed by atoms with Gasteiger partial charge in [-0.2, -0.15) is 5.10 Å².